The largest absolute Gasteiger partial charge is 0.484 e. The molecular formula is C18H16F3N3O3. The summed E-state index contributed by atoms with van der Waals surface area (Å²) in [6.07, 6.45) is -4.96. The average Bonchev–Trinajstić information content (AvgIpc) is 2.65. The van der Waals surface area contributed by atoms with Gasteiger partial charge in [0, 0.05) is 5.69 Å². The summed E-state index contributed by atoms with van der Waals surface area (Å²) in [4.78, 5) is 22.6. The highest BCUT2D eigenvalue weighted by atomic mass is 19.4. The molecule has 0 aliphatic rings. The zero-order valence-corrected chi connectivity index (χ0v) is 14.2. The molecule has 0 aliphatic heterocycles. The number of hydrogen-bond donors (Lipinski definition) is 2. The molecule has 0 unspecified atom stereocenters. The van der Waals surface area contributed by atoms with Crippen LogP contribution < -0.4 is 15.5 Å². The van der Waals surface area contributed by atoms with Crippen molar-refractivity contribution in [3.05, 3.63) is 60.2 Å². The number of amides is 2. The second-order valence-electron chi connectivity index (χ2n) is 5.36. The fraction of sp³-hybridized carbons (Fsp3) is 0.167. The molecule has 0 bridgehead atoms. The van der Waals surface area contributed by atoms with Gasteiger partial charge in [0.05, 0.1) is 5.71 Å². The molecule has 0 radical (unpaired) electrons. The van der Waals surface area contributed by atoms with Crippen LogP contribution in [-0.2, 0) is 9.59 Å². The zero-order valence-electron chi connectivity index (χ0n) is 14.2. The van der Waals surface area contributed by atoms with Gasteiger partial charge in [-0.2, -0.15) is 18.3 Å². The molecule has 0 spiro atoms. The van der Waals surface area contributed by atoms with E-state index in [0.717, 1.165) is 0 Å². The molecule has 9 heteroatoms. The number of hydrazone groups is 1. The smallest absolute Gasteiger partial charge is 0.471 e. The van der Waals surface area contributed by atoms with Crippen LogP contribution in [-0.4, -0.2) is 30.3 Å². The lowest BCUT2D eigenvalue weighted by Gasteiger charge is -2.09. The Labute approximate surface area is 153 Å². The summed E-state index contributed by atoms with van der Waals surface area (Å²) in [5.74, 6) is -1.97. The Hall–Kier alpha value is -3.36. The van der Waals surface area contributed by atoms with Crippen LogP contribution in [0, 0.1) is 0 Å². The maximum Gasteiger partial charge on any atom is 0.471 e. The summed E-state index contributed by atoms with van der Waals surface area (Å²) in [5.41, 5.74) is 3.31. The predicted molar refractivity (Wildman–Crippen MR) is 93.4 cm³/mol. The molecule has 0 atom stereocenters. The Balaban J connectivity index is 1.88. The molecule has 2 aromatic rings. The third-order valence-electron chi connectivity index (χ3n) is 3.28. The van der Waals surface area contributed by atoms with Gasteiger partial charge in [0.15, 0.2) is 6.61 Å². The lowest BCUT2D eigenvalue weighted by atomic mass is 10.1. The number of carbonyl (C=O) groups excluding carboxylic acids is 2. The third kappa shape index (κ3) is 6.46. The summed E-state index contributed by atoms with van der Waals surface area (Å²) in [7, 11) is 0. The van der Waals surface area contributed by atoms with E-state index in [2.05, 4.69) is 10.5 Å². The van der Waals surface area contributed by atoms with Crippen molar-refractivity contribution in [2.24, 2.45) is 5.10 Å². The van der Waals surface area contributed by atoms with Crippen molar-refractivity contribution < 1.29 is 27.5 Å². The predicted octanol–water partition coefficient (Wildman–Crippen LogP) is 3.11. The molecule has 0 saturated carbocycles. The summed E-state index contributed by atoms with van der Waals surface area (Å²) in [6.45, 7) is 1.39. The molecule has 2 N–H and O–H groups in total. The normalized spacial score (nSPS) is 11.6. The highest BCUT2D eigenvalue weighted by Gasteiger charge is 2.38. The summed E-state index contributed by atoms with van der Waals surface area (Å²) in [5, 5.41) is 5.65. The van der Waals surface area contributed by atoms with E-state index in [0.29, 0.717) is 17.0 Å². The minimum Gasteiger partial charge on any atom is -0.484 e. The van der Waals surface area contributed by atoms with Gasteiger partial charge in [-0.05, 0) is 36.8 Å². The number of nitrogens with zero attached hydrogens (tertiary/aromatic N) is 1. The molecule has 2 aromatic carbocycles. The van der Waals surface area contributed by atoms with Crippen molar-refractivity contribution in [3.8, 4) is 5.75 Å². The summed E-state index contributed by atoms with van der Waals surface area (Å²) < 4.78 is 41.9. The van der Waals surface area contributed by atoms with Gasteiger partial charge in [-0.15, -0.1) is 0 Å². The Bertz CT molecular complexity index is 819. The molecular weight excluding hydrogens is 363 g/mol. The number of anilines is 1. The van der Waals surface area contributed by atoms with E-state index in [1.165, 1.54) is 24.3 Å². The van der Waals surface area contributed by atoms with Crippen molar-refractivity contribution >= 4 is 23.2 Å². The standard InChI is InChI=1S/C18H16F3N3O3/c1-12(23-24-16(25)11-27-15-5-3-2-4-6-15)13-7-9-14(10-8-13)22-17(26)18(19,20)21/h2-10H,11H2,1H3,(H,22,26)(H,24,25)/b23-12-. The highest BCUT2D eigenvalue weighted by Crippen LogP contribution is 2.18. The highest BCUT2D eigenvalue weighted by molar-refractivity contribution is 6.00. The van der Waals surface area contributed by atoms with Crippen LogP contribution in [0.4, 0.5) is 18.9 Å². The second kappa shape index (κ2) is 8.84. The number of rotatable bonds is 6. The number of ether oxygens (including phenoxy) is 1. The molecule has 0 aromatic heterocycles. The van der Waals surface area contributed by atoms with Gasteiger partial charge in [0.2, 0.25) is 0 Å². The molecule has 0 aliphatic carbocycles. The fourth-order valence-corrected chi connectivity index (χ4v) is 1.91. The van der Waals surface area contributed by atoms with E-state index in [4.69, 9.17) is 4.74 Å². The number of benzene rings is 2. The number of para-hydroxylation sites is 1. The second-order valence-corrected chi connectivity index (χ2v) is 5.36. The molecule has 27 heavy (non-hydrogen) atoms. The Morgan fingerprint density at radius 3 is 2.26 bits per heavy atom. The van der Waals surface area contributed by atoms with E-state index in [1.54, 1.807) is 36.5 Å². The summed E-state index contributed by atoms with van der Waals surface area (Å²) in [6, 6.07) is 14.3. The minimum absolute atomic E-state index is 0.00540. The van der Waals surface area contributed by atoms with Crippen LogP contribution in [0.25, 0.3) is 0 Å². The topological polar surface area (TPSA) is 79.8 Å². The van der Waals surface area contributed by atoms with Crippen LogP contribution in [0.3, 0.4) is 0 Å². The van der Waals surface area contributed by atoms with Crippen molar-refractivity contribution in [2.45, 2.75) is 13.1 Å². The van der Waals surface area contributed by atoms with Gasteiger partial charge >= 0.3 is 12.1 Å². The Morgan fingerprint density at radius 1 is 1.04 bits per heavy atom. The Morgan fingerprint density at radius 2 is 1.67 bits per heavy atom. The van der Waals surface area contributed by atoms with Crippen molar-refractivity contribution in [2.75, 3.05) is 11.9 Å². The Kier molecular flexibility index (Phi) is 6.53. The molecule has 0 saturated heterocycles. The third-order valence-corrected chi connectivity index (χ3v) is 3.28. The van der Waals surface area contributed by atoms with Gasteiger partial charge in [-0.3, -0.25) is 9.59 Å². The van der Waals surface area contributed by atoms with Crippen molar-refractivity contribution in [1.82, 2.24) is 5.43 Å². The minimum atomic E-state index is -4.96. The quantitative estimate of drug-likeness (QED) is 0.598. The first-order valence-electron chi connectivity index (χ1n) is 7.75. The first-order valence-corrected chi connectivity index (χ1v) is 7.75. The number of carbonyl (C=O) groups is 2. The van der Waals surface area contributed by atoms with E-state index in [9.17, 15) is 22.8 Å². The number of halogens is 3. The molecule has 2 amide bonds. The lowest BCUT2D eigenvalue weighted by Crippen LogP contribution is -2.29. The van der Waals surface area contributed by atoms with Gasteiger partial charge in [0.25, 0.3) is 5.91 Å². The van der Waals surface area contributed by atoms with Gasteiger partial charge in [0.1, 0.15) is 5.75 Å². The molecule has 0 fully saturated rings. The monoisotopic (exact) mass is 379 g/mol. The molecule has 142 valence electrons. The first-order chi connectivity index (χ1) is 12.8. The van der Waals surface area contributed by atoms with E-state index in [1.807, 2.05) is 6.07 Å². The zero-order chi connectivity index (χ0) is 19.9. The maximum atomic E-state index is 12.2. The summed E-state index contributed by atoms with van der Waals surface area (Å²) >= 11 is 0. The molecule has 2 rings (SSSR count). The molecule has 6 nitrogen and oxygen atoms in total. The first kappa shape index (κ1) is 20.0. The SMILES string of the molecule is C/C(=N/NC(=O)COc1ccccc1)c1ccc(NC(=O)C(F)(F)F)cc1. The van der Waals surface area contributed by atoms with Crippen LogP contribution >= 0.6 is 0 Å². The van der Waals surface area contributed by atoms with E-state index >= 15 is 0 Å². The van der Waals surface area contributed by atoms with Gasteiger partial charge in [-0.1, -0.05) is 30.3 Å². The van der Waals surface area contributed by atoms with Gasteiger partial charge < -0.3 is 10.1 Å². The van der Waals surface area contributed by atoms with Crippen LogP contribution in [0.15, 0.2) is 59.7 Å². The lowest BCUT2D eigenvalue weighted by molar-refractivity contribution is -0.167. The maximum absolute atomic E-state index is 12.2. The van der Waals surface area contributed by atoms with E-state index < -0.39 is 18.0 Å². The average molecular weight is 379 g/mol. The molecule has 0 heterocycles. The van der Waals surface area contributed by atoms with Crippen LogP contribution in [0.2, 0.25) is 0 Å². The fourth-order valence-electron chi connectivity index (χ4n) is 1.91. The van der Waals surface area contributed by atoms with E-state index in [-0.39, 0.29) is 12.3 Å². The number of alkyl halides is 3. The van der Waals surface area contributed by atoms with Crippen LogP contribution in [0.1, 0.15) is 12.5 Å². The van der Waals surface area contributed by atoms with Crippen molar-refractivity contribution in [1.29, 1.82) is 0 Å². The number of nitrogens with one attached hydrogen (secondary N) is 2. The van der Waals surface area contributed by atoms with Gasteiger partial charge in [-0.25, -0.2) is 5.43 Å². The van der Waals surface area contributed by atoms with Crippen molar-refractivity contribution in [3.63, 3.8) is 0 Å². The number of hydrogen-bond acceptors (Lipinski definition) is 4. The van der Waals surface area contributed by atoms with Crippen LogP contribution in [0.5, 0.6) is 5.75 Å².